The number of hydrogen-bond acceptors (Lipinski definition) is 5. The molecule has 6 heteroatoms. The molecule has 3 N–H and O–H groups in total. The smallest absolute Gasteiger partial charge is 0.305 e. The number of amides is 1. The molecule has 0 saturated carbocycles. The molecule has 0 radical (unpaired) electrons. The zero-order valence-corrected chi connectivity index (χ0v) is 53.4. The van der Waals surface area contributed by atoms with E-state index in [0.29, 0.717) is 25.9 Å². The van der Waals surface area contributed by atoms with Gasteiger partial charge < -0.3 is 20.3 Å². The summed E-state index contributed by atoms with van der Waals surface area (Å²) in [6.45, 7) is 4.97. The number of hydrogen-bond donors (Lipinski definition) is 3. The highest BCUT2D eigenvalue weighted by atomic mass is 16.5. The van der Waals surface area contributed by atoms with Gasteiger partial charge in [-0.2, -0.15) is 0 Å². The van der Waals surface area contributed by atoms with Gasteiger partial charge in [0.05, 0.1) is 25.4 Å². The van der Waals surface area contributed by atoms with Crippen molar-refractivity contribution in [3.05, 3.63) is 36.5 Å². The number of carbonyl (C=O) groups is 2. The van der Waals surface area contributed by atoms with Crippen molar-refractivity contribution in [3.63, 3.8) is 0 Å². The maximum atomic E-state index is 12.5. The number of aliphatic hydroxyl groups is 2. The second kappa shape index (κ2) is 68.6. The van der Waals surface area contributed by atoms with Crippen molar-refractivity contribution in [2.24, 2.45) is 0 Å². The van der Waals surface area contributed by atoms with E-state index >= 15 is 0 Å². The highest BCUT2D eigenvalue weighted by Gasteiger charge is 2.20. The van der Waals surface area contributed by atoms with Gasteiger partial charge in [-0.05, 0) is 83.5 Å². The largest absolute Gasteiger partial charge is 0.466 e. The number of allylic oxidation sites excluding steroid dienone is 6. The Morgan fingerprint density at radius 3 is 0.987 bits per heavy atom. The van der Waals surface area contributed by atoms with Crippen LogP contribution in [0.1, 0.15) is 393 Å². The van der Waals surface area contributed by atoms with Gasteiger partial charge in [0.25, 0.3) is 0 Å². The van der Waals surface area contributed by atoms with Crippen molar-refractivity contribution in [2.75, 3.05) is 13.2 Å². The molecule has 2 atom stereocenters. The Kier molecular flexibility index (Phi) is 66.9. The molecule has 0 rings (SSSR count). The fourth-order valence-corrected chi connectivity index (χ4v) is 11.2. The summed E-state index contributed by atoms with van der Waals surface area (Å²) in [6, 6.07) is -0.544. The summed E-state index contributed by atoms with van der Waals surface area (Å²) in [4.78, 5) is 24.6. The first kappa shape index (κ1) is 77.1. The molecule has 0 aromatic heterocycles. The van der Waals surface area contributed by atoms with Gasteiger partial charge in [-0.3, -0.25) is 9.59 Å². The van der Waals surface area contributed by atoms with Crippen LogP contribution in [0.25, 0.3) is 0 Å². The maximum absolute atomic E-state index is 12.5. The molecule has 0 fully saturated rings. The van der Waals surface area contributed by atoms with Crippen LogP contribution >= 0.6 is 0 Å². The molecule has 0 aliphatic rings. The Hall–Kier alpha value is -1.92. The molecular weight excluding hydrogens is 971 g/mol. The van der Waals surface area contributed by atoms with E-state index in [1.54, 1.807) is 0 Å². The first-order chi connectivity index (χ1) is 39.0. The van der Waals surface area contributed by atoms with E-state index < -0.39 is 12.1 Å². The Morgan fingerprint density at radius 2 is 0.633 bits per heavy atom. The van der Waals surface area contributed by atoms with Crippen LogP contribution in [0.15, 0.2) is 36.5 Å². The number of aliphatic hydroxyl groups excluding tert-OH is 2. The van der Waals surface area contributed by atoms with Gasteiger partial charge >= 0.3 is 5.97 Å². The van der Waals surface area contributed by atoms with Crippen LogP contribution in [-0.4, -0.2) is 47.4 Å². The summed E-state index contributed by atoms with van der Waals surface area (Å²) >= 11 is 0. The van der Waals surface area contributed by atoms with Crippen LogP contribution in [0.3, 0.4) is 0 Å². The molecular formula is C73H139NO5. The van der Waals surface area contributed by atoms with Crippen molar-refractivity contribution in [3.8, 4) is 0 Å². The highest BCUT2D eigenvalue weighted by Crippen LogP contribution is 2.19. The Morgan fingerprint density at radius 1 is 0.354 bits per heavy atom. The third-order valence-electron chi connectivity index (χ3n) is 16.7. The number of rotatable bonds is 67. The van der Waals surface area contributed by atoms with E-state index in [4.69, 9.17) is 4.74 Å². The van der Waals surface area contributed by atoms with Crippen molar-refractivity contribution < 1.29 is 24.5 Å². The van der Waals surface area contributed by atoms with Crippen molar-refractivity contribution >= 4 is 11.9 Å². The van der Waals surface area contributed by atoms with E-state index in [-0.39, 0.29) is 18.5 Å². The van der Waals surface area contributed by atoms with Crippen LogP contribution in [0.4, 0.5) is 0 Å². The van der Waals surface area contributed by atoms with Gasteiger partial charge in [0.15, 0.2) is 0 Å². The minimum atomic E-state index is -0.666. The molecule has 0 bridgehead atoms. The summed E-state index contributed by atoms with van der Waals surface area (Å²) < 4.78 is 5.50. The fourth-order valence-electron chi connectivity index (χ4n) is 11.2. The first-order valence-corrected chi connectivity index (χ1v) is 35.7. The average molecular weight is 1110 g/mol. The topological polar surface area (TPSA) is 95.9 Å². The van der Waals surface area contributed by atoms with Crippen LogP contribution in [-0.2, 0) is 14.3 Å². The lowest BCUT2D eigenvalue weighted by Crippen LogP contribution is -2.45. The summed E-state index contributed by atoms with van der Waals surface area (Å²) in [5.41, 5.74) is 0. The molecule has 0 saturated heterocycles. The van der Waals surface area contributed by atoms with Gasteiger partial charge in [-0.25, -0.2) is 0 Å². The second-order valence-corrected chi connectivity index (χ2v) is 24.6. The zero-order valence-electron chi connectivity index (χ0n) is 53.4. The van der Waals surface area contributed by atoms with E-state index in [2.05, 4.69) is 55.6 Å². The molecule has 79 heavy (non-hydrogen) atoms. The maximum Gasteiger partial charge on any atom is 0.305 e. The molecule has 0 heterocycles. The third kappa shape index (κ3) is 65.1. The molecule has 0 aliphatic heterocycles. The minimum Gasteiger partial charge on any atom is -0.466 e. The monoisotopic (exact) mass is 1110 g/mol. The quantitative estimate of drug-likeness (QED) is 0.0320. The molecule has 1 amide bonds. The third-order valence-corrected chi connectivity index (χ3v) is 16.7. The predicted octanol–water partition coefficient (Wildman–Crippen LogP) is 23.1. The fraction of sp³-hybridized carbons (Fsp3) is 0.890. The van der Waals surface area contributed by atoms with E-state index in [0.717, 1.165) is 51.4 Å². The summed E-state index contributed by atoms with van der Waals surface area (Å²) in [7, 11) is 0. The average Bonchev–Trinajstić information content (AvgIpc) is 3.45. The Labute approximate surface area is 494 Å². The van der Waals surface area contributed by atoms with E-state index in [1.807, 2.05) is 0 Å². The van der Waals surface area contributed by atoms with Crippen LogP contribution in [0.5, 0.6) is 0 Å². The molecule has 466 valence electrons. The number of nitrogens with one attached hydrogen (secondary N) is 1. The van der Waals surface area contributed by atoms with Crippen LogP contribution in [0, 0.1) is 0 Å². The molecule has 0 aromatic rings. The number of ether oxygens (including phenoxy) is 1. The SMILES string of the molecule is CCCCCC/C=C\C/C=C\CCCCCCCCCC(=O)OCCCCCCCCCCCCCC/C=C\CCCCCCCCCCCCC(=O)NC(CO)C(O)CCCCCCCCCCCCCCCCCCCC. The predicted molar refractivity (Wildman–Crippen MR) is 347 cm³/mol. The lowest BCUT2D eigenvalue weighted by atomic mass is 10.0. The van der Waals surface area contributed by atoms with Gasteiger partial charge in [0.2, 0.25) is 5.91 Å². The summed E-state index contributed by atoms with van der Waals surface area (Å²) in [5, 5.41) is 23.4. The first-order valence-electron chi connectivity index (χ1n) is 35.7. The molecule has 6 nitrogen and oxygen atoms in total. The van der Waals surface area contributed by atoms with Crippen molar-refractivity contribution in [1.29, 1.82) is 0 Å². The normalized spacial score (nSPS) is 12.7. The standard InChI is InChI=1S/C73H139NO5/c1-3-5-7-9-11-13-15-17-19-21-33-37-41-45-49-53-57-61-65-71(76)70(69-75)74-72(77)66-62-58-54-50-46-42-38-34-31-29-27-25-23-24-26-28-30-32-36-40-44-48-52-56-60-64-68-79-73(78)67-63-59-55-51-47-43-39-35-22-20-18-16-14-12-10-8-6-4-2/h14,16,20,22-23,25,70-71,75-76H,3-13,15,17-19,21,24,26-69H2,1-2H3,(H,74,77)/b16-14-,22-20-,25-23-. The van der Waals surface area contributed by atoms with Crippen molar-refractivity contribution in [1.82, 2.24) is 5.32 Å². The second-order valence-electron chi connectivity index (χ2n) is 24.6. The Balaban J connectivity index is 3.39. The number of carbonyl (C=O) groups excluding carboxylic acids is 2. The summed E-state index contributed by atoms with van der Waals surface area (Å²) in [6.07, 6.45) is 87.6. The number of esters is 1. The summed E-state index contributed by atoms with van der Waals surface area (Å²) in [5.74, 6) is -0.0260. The molecule has 0 aromatic carbocycles. The molecule has 0 spiro atoms. The van der Waals surface area contributed by atoms with E-state index in [1.165, 1.54) is 308 Å². The van der Waals surface area contributed by atoms with Gasteiger partial charge in [-0.15, -0.1) is 0 Å². The molecule has 0 aliphatic carbocycles. The van der Waals surface area contributed by atoms with Gasteiger partial charge in [-0.1, -0.05) is 333 Å². The lowest BCUT2D eigenvalue weighted by Gasteiger charge is -2.22. The highest BCUT2D eigenvalue weighted by molar-refractivity contribution is 5.76. The zero-order chi connectivity index (χ0) is 57.1. The van der Waals surface area contributed by atoms with E-state index in [9.17, 15) is 19.8 Å². The Bertz CT molecular complexity index is 1280. The lowest BCUT2D eigenvalue weighted by molar-refractivity contribution is -0.143. The number of unbranched alkanes of at least 4 members (excludes halogenated alkanes) is 50. The minimum absolute atomic E-state index is 0.00755. The molecule has 2 unspecified atom stereocenters. The van der Waals surface area contributed by atoms with Crippen molar-refractivity contribution in [2.45, 2.75) is 405 Å². The van der Waals surface area contributed by atoms with Gasteiger partial charge in [0, 0.05) is 12.8 Å². The van der Waals surface area contributed by atoms with Gasteiger partial charge in [0.1, 0.15) is 0 Å². The van der Waals surface area contributed by atoms with Crippen LogP contribution < -0.4 is 5.32 Å². The van der Waals surface area contributed by atoms with Crippen LogP contribution in [0.2, 0.25) is 0 Å².